The number of hydrogen-bond acceptors (Lipinski definition) is 4. The molecule has 0 bridgehead atoms. The van der Waals surface area contributed by atoms with E-state index in [1.165, 1.54) is 0 Å². The van der Waals surface area contributed by atoms with Crippen molar-refractivity contribution in [2.45, 2.75) is 39.2 Å². The molecule has 0 radical (unpaired) electrons. The highest BCUT2D eigenvalue weighted by Gasteiger charge is 2.28. The van der Waals surface area contributed by atoms with E-state index in [2.05, 4.69) is 12.1 Å². The van der Waals surface area contributed by atoms with E-state index in [-0.39, 0.29) is 23.6 Å². The van der Waals surface area contributed by atoms with Crippen molar-refractivity contribution >= 4 is 6.29 Å². The monoisotopic (exact) mass is 393 g/mol. The Morgan fingerprint density at radius 2 is 2.07 bits per heavy atom. The van der Waals surface area contributed by atoms with Crippen LogP contribution in [0.15, 0.2) is 24.3 Å². The Kier molecular flexibility index (Phi) is 5.38. The minimum Gasteiger partial charge on any atom is -0.488 e. The molecule has 1 fully saturated rings. The third-order valence-electron chi connectivity index (χ3n) is 6.17. The van der Waals surface area contributed by atoms with Gasteiger partial charge in [0, 0.05) is 23.5 Å². The van der Waals surface area contributed by atoms with E-state index in [9.17, 15) is 14.4 Å². The molecule has 4 nitrogen and oxygen atoms in total. The van der Waals surface area contributed by atoms with Gasteiger partial charge < -0.3 is 14.3 Å². The van der Waals surface area contributed by atoms with E-state index in [4.69, 9.17) is 9.47 Å². The normalized spacial score (nSPS) is 17.2. The van der Waals surface area contributed by atoms with E-state index in [0.29, 0.717) is 38.2 Å². The van der Waals surface area contributed by atoms with Crippen LogP contribution in [0.5, 0.6) is 5.75 Å². The second-order valence-corrected chi connectivity index (χ2v) is 8.15. The predicted octanol–water partition coefficient (Wildman–Crippen LogP) is 4.71. The van der Waals surface area contributed by atoms with Gasteiger partial charge in [-0.25, -0.2) is 4.39 Å². The molecule has 2 aromatic rings. The molecule has 5 heteroatoms. The summed E-state index contributed by atoms with van der Waals surface area (Å²) in [4.78, 5) is 10.8. The highest BCUT2D eigenvalue weighted by atomic mass is 19.1. The first-order valence-electron chi connectivity index (χ1n) is 10.0. The summed E-state index contributed by atoms with van der Waals surface area (Å²) in [5.41, 5.74) is 5.64. The molecule has 1 saturated heterocycles. The summed E-state index contributed by atoms with van der Waals surface area (Å²) in [5, 5.41) is 9.54. The van der Waals surface area contributed by atoms with Gasteiger partial charge in [-0.05, 0) is 65.8 Å². The molecule has 0 N–H and O–H groups in total. The number of aldehydes is 1. The maximum Gasteiger partial charge on any atom is 0.127 e. The molecule has 2 atom stereocenters. The van der Waals surface area contributed by atoms with Gasteiger partial charge in [-0.15, -0.1) is 0 Å². The van der Waals surface area contributed by atoms with E-state index < -0.39 is 0 Å². The standard InChI is InChI=1S/C24H24FNO3/c1-14(3-4-27)17(10-26)6-16-8-24-22(5-15(16)2)20-9-21(19-11-28-12-19)23(25)7-18(20)13-29-24/h4-5,7-9,14,17,19H,3,6,11-13H2,1-2H3. The summed E-state index contributed by atoms with van der Waals surface area (Å²) >= 11 is 0. The molecule has 2 unspecified atom stereocenters. The van der Waals surface area contributed by atoms with Gasteiger partial charge in [0.15, 0.2) is 0 Å². The van der Waals surface area contributed by atoms with Crippen LogP contribution in [-0.4, -0.2) is 19.5 Å². The topological polar surface area (TPSA) is 59.3 Å². The number of rotatable bonds is 6. The van der Waals surface area contributed by atoms with Gasteiger partial charge in [0.25, 0.3) is 0 Å². The summed E-state index contributed by atoms with van der Waals surface area (Å²) in [7, 11) is 0. The van der Waals surface area contributed by atoms with Crippen LogP contribution in [0.3, 0.4) is 0 Å². The molecule has 0 aromatic heterocycles. The van der Waals surface area contributed by atoms with Gasteiger partial charge >= 0.3 is 0 Å². The fourth-order valence-electron chi connectivity index (χ4n) is 4.09. The lowest BCUT2D eigenvalue weighted by Crippen LogP contribution is -2.26. The third kappa shape index (κ3) is 3.65. The van der Waals surface area contributed by atoms with Crippen LogP contribution >= 0.6 is 0 Å². The highest BCUT2D eigenvalue weighted by Crippen LogP contribution is 2.42. The fourth-order valence-corrected chi connectivity index (χ4v) is 4.09. The Balaban J connectivity index is 1.69. The Bertz CT molecular complexity index is 991. The van der Waals surface area contributed by atoms with Crippen molar-refractivity contribution in [3.8, 4) is 22.9 Å². The van der Waals surface area contributed by atoms with Crippen molar-refractivity contribution < 1.29 is 18.7 Å². The summed E-state index contributed by atoms with van der Waals surface area (Å²) in [6.07, 6.45) is 1.83. The van der Waals surface area contributed by atoms with Crippen LogP contribution in [0.2, 0.25) is 0 Å². The molecule has 150 valence electrons. The predicted molar refractivity (Wildman–Crippen MR) is 107 cm³/mol. The van der Waals surface area contributed by atoms with Gasteiger partial charge in [0.05, 0.1) is 25.2 Å². The Morgan fingerprint density at radius 1 is 1.28 bits per heavy atom. The Hall–Kier alpha value is -2.71. The second kappa shape index (κ2) is 7.96. The number of nitrogens with zero attached hydrogens (tertiary/aromatic N) is 1. The highest BCUT2D eigenvalue weighted by molar-refractivity contribution is 5.77. The summed E-state index contributed by atoms with van der Waals surface area (Å²) in [5.74, 6) is 0.457. The number of benzene rings is 2. The van der Waals surface area contributed by atoms with Crippen LogP contribution in [0.4, 0.5) is 4.39 Å². The van der Waals surface area contributed by atoms with Crippen molar-refractivity contribution in [1.29, 1.82) is 5.26 Å². The number of ether oxygens (including phenoxy) is 2. The van der Waals surface area contributed by atoms with Crippen LogP contribution in [0.25, 0.3) is 11.1 Å². The number of hydrogen-bond donors (Lipinski definition) is 0. The Labute approximate surface area is 170 Å². The van der Waals surface area contributed by atoms with E-state index >= 15 is 0 Å². The first kappa shape index (κ1) is 19.6. The molecular weight excluding hydrogens is 369 g/mol. The smallest absolute Gasteiger partial charge is 0.127 e. The van der Waals surface area contributed by atoms with Crippen molar-refractivity contribution in [1.82, 2.24) is 0 Å². The number of carbonyl (C=O) groups is 1. The second-order valence-electron chi connectivity index (χ2n) is 8.15. The molecule has 29 heavy (non-hydrogen) atoms. The zero-order chi connectivity index (χ0) is 20.5. The van der Waals surface area contributed by atoms with Crippen molar-refractivity contribution in [3.63, 3.8) is 0 Å². The lowest BCUT2D eigenvalue weighted by molar-refractivity contribution is -0.108. The molecule has 2 aromatic carbocycles. The minimum atomic E-state index is -0.229. The quantitative estimate of drug-likeness (QED) is 0.667. The van der Waals surface area contributed by atoms with E-state index in [0.717, 1.165) is 39.9 Å². The molecule has 2 heterocycles. The van der Waals surface area contributed by atoms with E-state index in [1.54, 1.807) is 6.07 Å². The molecule has 0 aliphatic carbocycles. The minimum absolute atomic E-state index is 0.00445. The first-order valence-corrected chi connectivity index (χ1v) is 10.0. The number of aryl methyl sites for hydroxylation is 1. The maximum absolute atomic E-state index is 14.5. The summed E-state index contributed by atoms with van der Waals surface area (Å²) < 4.78 is 25.7. The summed E-state index contributed by atoms with van der Waals surface area (Å²) in [6, 6.07) is 9.95. The molecule has 2 aliphatic heterocycles. The van der Waals surface area contributed by atoms with Crippen LogP contribution < -0.4 is 4.74 Å². The average Bonchev–Trinajstić information content (AvgIpc) is 2.66. The van der Waals surface area contributed by atoms with Crippen molar-refractivity contribution in [2.24, 2.45) is 11.8 Å². The number of halogens is 1. The van der Waals surface area contributed by atoms with Gasteiger partial charge in [0.1, 0.15) is 24.5 Å². The molecular formula is C24H24FNO3. The lowest BCUT2D eigenvalue weighted by Gasteiger charge is -2.29. The zero-order valence-electron chi connectivity index (χ0n) is 16.7. The fraction of sp³-hybridized carbons (Fsp3) is 0.417. The van der Waals surface area contributed by atoms with Crippen molar-refractivity contribution in [3.05, 3.63) is 52.3 Å². The first-order chi connectivity index (χ1) is 14.0. The van der Waals surface area contributed by atoms with Gasteiger partial charge in [-0.2, -0.15) is 5.26 Å². The van der Waals surface area contributed by atoms with Crippen LogP contribution in [0.1, 0.15) is 41.5 Å². The van der Waals surface area contributed by atoms with Crippen LogP contribution in [0, 0.1) is 35.9 Å². The maximum atomic E-state index is 14.5. The number of fused-ring (bicyclic) bond motifs is 3. The molecule has 4 rings (SSSR count). The van der Waals surface area contributed by atoms with E-state index in [1.807, 2.05) is 26.0 Å². The number of nitriles is 1. The van der Waals surface area contributed by atoms with Crippen LogP contribution in [-0.2, 0) is 22.6 Å². The SMILES string of the molecule is Cc1cc2c(cc1CC(C#N)C(C)CC=O)OCc1cc(F)c(C3COC3)cc1-2. The van der Waals surface area contributed by atoms with Gasteiger partial charge in [-0.3, -0.25) is 0 Å². The zero-order valence-corrected chi connectivity index (χ0v) is 16.7. The largest absolute Gasteiger partial charge is 0.488 e. The molecule has 0 amide bonds. The van der Waals surface area contributed by atoms with Crippen molar-refractivity contribution in [2.75, 3.05) is 13.2 Å². The lowest BCUT2D eigenvalue weighted by atomic mass is 9.84. The molecule has 2 aliphatic rings. The summed E-state index contributed by atoms with van der Waals surface area (Å²) in [6.45, 7) is 5.40. The van der Waals surface area contributed by atoms with Gasteiger partial charge in [0.2, 0.25) is 0 Å². The number of carbonyl (C=O) groups excluding carboxylic acids is 1. The third-order valence-corrected chi connectivity index (χ3v) is 6.17. The molecule has 0 spiro atoms. The average molecular weight is 393 g/mol. The van der Waals surface area contributed by atoms with Gasteiger partial charge in [-0.1, -0.05) is 6.92 Å². The Morgan fingerprint density at radius 3 is 2.72 bits per heavy atom. The molecule has 0 saturated carbocycles.